The molecule has 2 amide bonds. The SMILES string of the molecule is COC(=O)N1C=CN=C(c2ccc3c(c2)NC(C2C(=O)c4cccnc4N(CCC(C)C)C2=O)=NS3(=O)=O)S1(=O)=O. The number of nitrogens with one attached hydrogen (secondary N) is 1. The van der Waals surface area contributed by atoms with E-state index in [0.717, 1.165) is 25.6 Å². The van der Waals surface area contributed by atoms with Crippen molar-refractivity contribution < 1.29 is 36.0 Å². The summed E-state index contributed by atoms with van der Waals surface area (Å²) < 4.78 is 61.1. The molecule has 0 aliphatic carbocycles. The summed E-state index contributed by atoms with van der Waals surface area (Å²) in [6, 6.07) is 6.52. The van der Waals surface area contributed by atoms with Crippen LogP contribution in [-0.2, 0) is 29.6 Å². The molecule has 0 saturated heterocycles. The van der Waals surface area contributed by atoms with Crippen LogP contribution < -0.4 is 10.2 Å². The number of benzene rings is 1. The van der Waals surface area contributed by atoms with E-state index in [9.17, 15) is 31.2 Å². The molecule has 0 saturated carbocycles. The number of aromatic nitrogens is 1. The molecule has 1 unspecified atom stereocenters. The van der Waals surface area contributed by atoms with E-state index < -0.39 is 54.6 Å². The van der Waals surface area contributed by atoms with Gasteiger partial charge in [0.25, 0.3) is 20.0 Å². The van der Waals surface area contributed by atoms with Gasteiger partial charge in [-0.3, -0.25) is 14.5 Å². The number of carbonyl (C=O) groups excluding carboxylic acids is 3. The van der Waals surface area contributed by atoms with Gasteiger partial charge >= 0.3 is 6.09 Å². The highest BCUT2D eigenvalue weighted by atomic mass is 32.2. The molecular formula is C25H24N6O8S2. The lowest BCUT2D eigenvalue weighted by molar-refractivity contribution is -0.119. The largest absolute Gasteiger partial charge is 0.452 e. The molecule has 0 radical (unpaired) electrons. The summed E-state index contributed by atoms with van der Waals surface area (Å²) in [5.74, 6) is -3.01. The molecule has 4 heterocycles. The predicted octanol–water partition coefficient (Wildman–Crippen LogP) is 2.12. The van der Waals surface area contributed by atoms with Gasteiger partial charge in [0, 0.05) is 30.7 Å². The van der Waals surface area contributed by atoms with Crippen LogP contribution in [0, 0.1) is 11.8 Å². The van der Waals surface area contributed by atoms with Gasteiger partial charge in [-0.25, -0.2) is 14.8 Å². The molecular weight excluding hydrogens is 576 g/mol. The normalized spacial score (nSPS) is 20.5. The van der Waals surface area contributed by atoms with Crippen molar-refractivity contribution in [2.75, 3.05) is 23.9 Å². The zero-order chi connectivity index (χ0) is 29.7. The highest BCUT2D eigenvalue weighted by Gasteiger charge is 2.45. The van der Waals surface area contributed by atoms with Crippen LogP contribution in [0.1, 0.15) is 36.2 Å². The Morgan fingerprint density at radius 3 is 2.61 bits per heavy atom. The first-order valence-electron chi connectivity index (χ1n) is 12.3. The average Bonchev–Trinajstić information content (AvgIpc) is 2.91. The number of amidine groups is 1. The van der Waals surface area contributed by atoms with E-state index in [2.05, 4.69) is 24.4 Å². The molecule has 0 bridgehead atoms. The van der Waals surface area contributed by atoms with E-state index in [0.29, 0.717) is 10.7 Å². The average molecular weight is 601 g/mol. The smallest absolute Gasteiger partial charge is 0.427 e. The van der Waals surface area contributed by atoms with Crippen LogP contribution in [0.5, 0.6) is 0 Å². The summed E-state index contributed by atoms with van der Waals surface area (Å²) in [5.41, 5.74) is -0.0594. The number of carbonyl (C=O) groups is 3. The lowest BCUT2D eigenvalue weighted by atomic mass is 9.90. The Balaban J connectivity index is 1.55. The maximum absolute atomic E-state index is 13.7. The van der Waals surface area contributed by atoms with Crippen molar-refractivity contribution >= 4 is 60.2 Å². The minimum absolute atomic E-state index is 0.0691. The van der Waals surface area contributed by atoms with E-state index >= 15 is 0 Å². The Kier molecular flexibility index (Phi) is 6.98. The number of ether oxygens (including phenoxy) is 1. The van der Waals surface area contributed by atoms with Gasteiger partial charge in [0.05, 0.1) is 18.4 Å². The van der Waals surface area contributed by atoms with Crippen LogP contribution in [0.25, 0.3) is 0 Å². The second kappa shape index (κ2) is 10.2. The minimum Gasteiger partial charge on any atom is -0.452 e. The van der Waals surface area contributed by atoms with E-state index in [1.54, 1.807) is 0 Å². The topological polar surface area (TPSA) is 185 Å². The van der Waals surface area contributed by atoms with Crippen molar-refractivity contribution in [1.82, 2.24) is 9.29 Å². The minimum atomic E-state index is -4.50. The molecule has 16 heteroatoms. The summed E-state index contributed by atoms with van der Waals surface area (Å²) in [6.07, 6.45) is 2.86. The third kappa shape index (κ3) is 4.78. The molecule has 41 heavy (non-hydrogen) atoms. The second-order valence-corrected chi connectivity index (χ2v) is 12.9. The number of rotatable bonds is 5. The fourth-order valence-electron chi connectivity index (χ4n) is 4.50. The quantitative estimate of drug-likeness (QED) is 0.499. The summed E-state index contributed by atoms with van der Waals surface area (Å²) in [7, 11) is -7.90. The molecule has 14 nitrogen and oxygen atoms in total. The first-order chi connectivity index (χ1) is 19.4. The van der Waals surface area contributed by atoms with Crippen molar-refractivity contribution in [3.8, 4) is 0 Å². The van der Waals surface area contributed by atoms with Crippen LogP contribution in [0.4, 0.5) is 16.3 Å². The van der Waals surface area contributed by atoms with Gasteiger partial charge in [0.2, 0.25) is 5.91 Å². The van der Waals surface area contributed by atoms with Crippen molar-refractivity contribution in [3.05, 3.63) is 60.1 Å². The number of aliphatic imine (C=N–C) groups is 1. The fourth-order valence-corrected chi connectivity index (χ4v) is 6.93. The molecule has 5 rings (SSSR count). The molecule has 3 aliphatic rings. The van der Waals surface area contributed by atoms with Crippen molar-refractivity contribution in [3.63, 3.8) is 0 Å². The number of anilines is 2. The number of amides is 2. The molecule has 214 valence electrons. The number of sulfonamides is 2. The highest BCUT2D eigenvalue weighted by Crippen LogP contribution is 2.35. The first-order valence-corrected chi connectivity index (χ1v) is 15.2. The van der Waals surface area contributed by atoms with Crippen molar-refractivity contribution in [2.24, 2.45) is 21.2 Å². The molecule has 1 N–H and O–H groups in total. The maximum Gasteiger partial charge on any atom is 0.427 e. The van der Waals surface area contributed by atoms with E-state index in [4.69, 9.17) is 0 Å². The monoisotopic (exact) mass is 600 g/mol. The Morgan fingerprint density at radius 2 is 1.90 bits per heavy atom. The lowest BCUT2D eigenvalue weighted by Gasteiger charge is -2.34. The lowest BCUT2D eigenvalue weighted by Crippen LogP contribution is -2.51. The van der Waals surface area contributed by atoms with E-state index in [1.165, 1.54) is 35.4 Å². The molecule has 0 fully saturated rings. The fraction of sp³-hybridized carbons (Fsp3) is 0.280. The van der Waals surface area contributed by atoms with Crippen LogP contribution in [0.15, 0.2) is 63.2 Å². The molecule has 1 atom stereocenters. The van der Waals surface area contributed by atoms with Gasteiger partial charge in [0.1, 0.15) is 16.5 Å². The van der Waals surface area contributed by atoms with Gasteiger partial charge in [-0.05, 0) is 36.6 Å². The van der Waals surface area contributed by atoms with Gasteiger partial charge in [-0.1, -0.05) is 19.9 Å². The molecule has 1 aromatic heterocycles. The number of fused-ring (bicyclic) bond motifs is 2. The third-order valence-corrected chi connectivity index (χ3v) is 9.49. The van der Waals surface area contributed by atoms with Crippen LogP contribution in [-0.4, -0.2) is 68.4 Å². The Morgan fingerprint density at radius 1 is 1.15 bits per heavy atom. The molecule has 1 aromatic carbocycles. The number of hydrogen-bond acceptors (Lipinski definition) is 11. The Hall–Kier alpha value is -4.44. The molecule has 3 aliphatic heterocycles. The zero-order valence-corrected chi connectivity index (χ0v) is 23.6. The van der Waals surface area contributed by atoms with Crippen LogP contribution in [0.2, 0.25) is 0 Å². The number of hydrogen-bond donors (Lipinski definition) is 1. The maximum atomic E-state index is 13.7. The summed E-state index contributed by atoms with van der Waals surface area (Å²) in [6.45, 7) is 4.19. The van der Waals surface area contributed by atoms with Crippen molar-refractivity contribution in [1.29, 1.82) is 0 Å². The highest BCUT2D eigenvalue weighted by molar-refractivity contribution is 8.05. The predicted molar refractivity (Wildman–Crippen MR) is 147 cm³/mol. The number of ketones is 1. The van der Waals surface area contributed by atoms with Crippen LogP contribution in [0.3, 0.4) is 0 Å². The Bertz CT molecular complexity index is 1800. The van der Waals surface area contributed by atoms with E-state index in [1.807, 2.05) is 13.8 Å². The Labute approximate surface area is 235 Å². The summed E-state index contributed by atoms with van der Waals surface area (Å²) in [5, 5.41) is 2.21. The number of pyridine rings is 1. The van der Waals surface area contributed by atoms with Gasteiger partial charge in [-0.15, -0.1) is 4.40 Å². The molecule has 0 spiro atoms. The van der Waals surface area contributed by atoms with Crippen LogP contribution >= 0.6 is 0 Å². The zero-order valence-electron chi connectivity index (χ0n) is 22.0. The standard InChI is InChI=1S/C25H24N6O8S2/c1-14(2)8-11-30-22-16(5-4-9-26-22)20(32)19(24(30)33)21-28-17-13-15(6-7-18(17)40(35,36)29-21)23-27-10-12-31(25(34)39-3)41(23,37)38/h4-7,9-10,12-14,19H,8,11H2,1-3H3,(H,28,29). The van der Waals surface area contributed by atoms with E-state index in [-0.39, 0.29) is 40.0 Å². The van der Waals surface area contributed by atoms with Gasteiger partial charge < -0.3 is 10.1 Å². The molecule has 2 aromatic rings. The number of Topliss-reactive ketones (excluding diaryl/α,β-unsaturated/α-hetero) is 1. The van der Waals surface area contributed by atoms with Gasteiger partial charge in [0.15, 0.2) is 16.7 Å². The van der Waals surface area contributed by atoms with Gasteiger partial charge in [-0.2, -0.15) is 21.1 Å². The van der Waals surface area contributed by atoms with Crippen molar-refractivity contribution in [2.45, 2.75) is 25.2 Å². The third-order valence-electron chi connectivity index (χ3n) is 6.52. The number of methoxy groups -OCH3 is 1. The summed E-state index contributed by atoms with van der Waals surface area (Å²) >= 11 is 0. The first kappa shape index (κ1) is 28.1. The number of nitrogens with zero attached hydrogens (tertiary/aromatic N) is 5. The second-order valence-electron chi connectivity index (χ2n) is 9.64. The summed E-state index contributed by atoms with van der Waals surface area (Å²) in [4.78, 5) is 48.3.